The van der Waals surface area contributed by atoms with Crippen LogP contribution in [0.1, 0.15) is 45.7 Å². The van der Waals surface area contributed by atoms with Crippen molar-refractivity contribution in [1.29, 1.82) is 0 Å². The minimum Gasteiger partial charge on any atom is -0.394 e. The molecule has 2 saturated heterocycles. The molecule has 4 aliphatic rings. The van der Waals surface area contributed by atoms with Crippen molar-refractivity contribution in [3.8, 4) is 0 Å². The van der Waals surface area contributed by atoms with Crippen LogP contribution in [0.3, 0.4) is 0 Å². The molecule has 1 spiro atoms. The van der Waals surface area contributed by atoms with Crippen molar-refractivity contribution >= 4 is 17.7 Å². The number of carbonyl (C=O) groups is 3. The summed E-state index contributed by atoms with van der Waals surface area (Å²) in [4.78, 5) is 47.7. The molecule has 1 unspecified atom stereocenters. The van der Waals surface area contributed by atoms with E-state index in [1.165, 1.54) is 4.90 Å². The second-order valence-electron chi connectivity index (χ2n) is 11.4. The van der Waals surface area contributed by atoms with E-state index in [0.717, 1.165) is 12.0 Å². The molecule has 6 atom stereocenters. The Kier molecular flexibility index (Phi) is 6.52. The Balaban J connectivity index is 1.68. The van der Waals surface area contributed by atoms with Crippen LogP contribution in [0, 0.1) is 11.8 Å². The van der Waals surface area contributed by atoms with E-state index in [0.29, 0.717) is 19.6 Å². The fraction of sp³-hybridized carbons (Fsp3) is 0.552. The van der Waals surface area contributed by atoms with Crippen LogP contribution < -0.4 is 0 Å². The molecule has 5 rings (SSSR count). The summed E-state index contributed by atoms with van der Waals surface area (Å²) >= 11 is 0. The zero-order valence-corrected chi connectivity index (χ0v) is 22.0. The molecule has 1 aromatic rings. The van der Waals surface area contributed by atoms with Gasteiger partial charge in [0.25, 0.3) is 0 Å². The van der Waals surface area contributed by atoms with Crippen molar-refractivity contribution < 1.29 is 24.2 Å². The number of hydrogen-bond acceptors (Lipinski definition) is 5. The average molecular weight is 508 g/mol. The number of fused-ring (bicyclic) bond motifs is 2. The standard InChI is InChI=1S/C29H37N3O5/c1-5-15-30-16-9-13-21-22(25(30)34)23-26(35)32(20(18-33)19-11-7-6-8-12-19)24-27(36)31(28(2,3)4)17-10-14-29(23,24)37-21/h6-14,20-24,33H,5,15-18H2,1-4H3/t20-,21-,22+,23+,24?,29+/m1/s1. The second kappa shape index (κ2) is 9.40. The Bertz CT molecular complexity index is 1130. The lowest BCUT2D eigenvalue weighted by Crippen LogP contribution is -2.59. The highest BCUT2D eigenvalue weighted by Gasteiger charge is 2.72. The molecule has 0 saturated carbocycles. The third kappa shape index (κ3) is 3.92. The summed E-state index contributed by atoms with van der Waals surface area (Å²) in [5.41, 5.74) is -1.08. The van der Waals surface area contributed by atoms with Gasteiger partial charge in [-0.05, 0) is 32.8 Å². The molecule has 0 aromatic heterocycles. The van der Waals surface area contributed by atoms with Crippen LogP contribution >= 0.6 is 0 Å². The second-order valence-corrected chi connectivity index (χ2v) is 11.4. The molecule has 37 heavy (non-hydrogen) atoms. The molecule has 3 amide bonds. The van der Waals surface area contributed by atoms with E-state index in [2.05, 4.69) is 0 Å². The van der Waals surface area contributed by atoms with E-state index >= 15 is 0 Å². The van der Waals surface area contributed by atoms with Crippen LogP contribution in [-0.2, 0) is 19.1 Å². The lowest BCUT2D eigenvalue weighted by molar-refractivity contribution is -0.154. The number of hydrogen-bond donors (Lipinski definition) is 1. The van der Waals surface area contributed by atoms with Gasteiger partial charge in [0.2, 0.25) is 17.7 Å². The minimum atomic E-state index is -1.30. The molecular formula is C29H37N3O5. The Labute approximate surface area is 218 Å². The number of benzene rings is 1. The maximum absolute atomic E-state index is 14.4. The highest BCUT2D eigenvalue weighted by atomic mass is 16.5. The Hall–Kier alpha value is -2.97. The fourth-order valence-electron chi connectivity index (χ4n) is 6.57. The number of amides is 3. The van der Waals surface area contributed by atoms with Gasteiger partial charge >= 0.3 is 0 Å². The van der Waals surface area contributed by atoms with Gasteiger partial charge in [0, 0.05) is 25.2 Å². The van der Waals surface area contributed by atoms with Gasteiger partial charge in [-0.15, -0.1) is 0 Å². The highest BCUT2D eigenvalue weighted by Crippen LogP contribution is 2.55. The summed E-state index contributed by atoms with van der Waals surface area (Å²) in [6.45, 7) is 8.98. The van der Waals surface area contributed by atoms with Crippen LogP contribution in [0.4, 0.5) is 0 Å². The molecule has 0 aliphatic carbocycles. The van der Waals surface area contributed by atoms with E-state index < -0.39 is 41.2 Å². The largest absolute Gasteiger partial charge is 0.394 e. The molecule has 1 N–H and O–H groups in total. The molecule has 8 heteroatoms. The summed E-state index contributed by atoms with van der Waals surface area (Å²) in [7, 11) is 0. The summed E-state index contributed by atoms with van der Waals surface area (Å²) in [6.07, 6.45) is 7.75. The maximum atomic E-state index is 14.4. The summed E-state index contributed by atoms with van der Waals surface area (Å²) in [5, 5.41) is 10.6. The van der Waals surface area contributed by atoms with Gasteiger partial charge in [-0.3, -0.25) is 14.4 Å². The van der Waals surface area contributed by atoms with Crippen molar-refractivity contribution in [3.05, 3.63) is 60.2 Å². The van der Waals surface area contributed by atoms with Crippen molar-refractivity contribution in [2.75, 3.05) is 26.2 Å². The summed E-state index contributed by atoms with van der Waals surface area (Å²) in [6, 6.07) is 7.50. The highest BCUT2D eigenvalue weighted by molar-refractivity contribution is 6.00. The van der Waals surface area contributed by atoms with Gasteiger partial charge in [-0.25, -0.2) is 0 Å². The third-order valence-corrected chi connectivity index (χ3v) is 8.18. The third-order valence-electron chi connectivity index (χ3n) is 8.18. The van der Waals surface area contributed by atoms with E-state index in [4.69, 9.17) is 4.74 Å². The molecule has 0 bridgehead atoms. The predicted octanol–water partition coefficient (Wildman–Crippen LogP) is 2.31. The van der Waals surface area contributed by atoms with Gasteiger partial charge in [0.15, 0.2) is 0 Å². The number of carbonyl (C=O) groups excluding carboxylic acids is 3. The number of ether oxygens (including phenoxy) is 1. The van der Waals surface area contributed by atoms with Crippen LogP contribution in [0.15, 0.2) is 54.6 Å². The quantitative estimate of drug-likeness (QED) is 0.618. The molecular weight excluding hydrogens is 470 g/mol. The lowest BCUT2D eigenvalue weighted by Gasteiger charge is -2.42. The smallest absolute Gasteiger partial charge is 0.249 e. The topological polar surface area (TPSA) is 90.4 Å². The molecule has 4 aliphatic heterocycles. The molecule has 2 fully saturated rings. The van der Waals surface area contributed by atoms with E-state index in [1.807, 2.05) is 82.3 Å². The first-order chi connectivity index (χ1) is 17.7. The van der Waals surface area contributed by atoms with E-state index in [9.17, 15) is 19.5 Å². The SMILES string of the molecule is CCCN1CC=C[C@H]2O[C@]34C=CCN(C(C)(C)C)C(=O)C3N([C@H](CO)c3ccccc3)C(=O)[C@@H]4[C@H]2C1=O. The Morgan fingerprint density at radius 3 is 2.43 bits per heavy atom. The van der Waals surface area contributed by atoms with Gasteiger partial charge < -0.3 is 24.5 Å². The Morgan fingerprint density at radius 2 is 1.78 bits per heavy atom. The molecule has 8 nitrogen and oxygen atoms in total. The number of rotatable bonds is 5. The van der Waals surface area contributed by atoms with Crippen LogP contribution in [-0.4, -0.2) is 87.1 Å². The normalized spacial score (nSPS) is 32.2. The summed E-state index contributed by atoms with van der Waals surface area (Å²) in [5.74, 6) is -2.28. The zero-order valence-electron chi connectivity index (χ0n) is 22.0. The molecule has 4 heterocycles. The van der Waals surface area contributed by atoms with Gasteiger partial charge in [-0.1, -0.05) is 61.6 Å². The average Bonchev–Trinajstić information content (AvgIpc) is 3.17. The van der Waals surface area contributed by atoms with Crippen molar-refractivity contribution in [2.24, 2.45) is 11.8 Å². The number of likely N-dealkylation sites (tertiary alicyclic amines) is 1. The first kappa shape index (κ1) is 25.7. The van der Waals surface area contributed by atoms with Crippen molar-refractivity contribution in [1.82, 2.24) is 14.7 Å². The van der Waals surface area contributed by atoms with Crippen molar-refractivity contribution in [2.45, 2.75) is 63.4 Å². The van der Waals surface area contributed by atoms with Gasteiger partial charge in [-0.2, -0.15) is 0 Å². The van der Waals surface area contributed by atoms with Crippen LogP contribution in [0.2, 0.25) is 0 Å². The molecule has 198 valence electrons. The lowest BCUT2D eigenvalue weighted by atomic mass is 9.77. The van der Waals surface area contributed by atoms with E-state index in [1.54, 1.807) is 9.80 Å². The first-order valence-electron chi connectivity index (χ1n) is 13.3. The van der Waals surface area contributed by atoms with Crippen molar-refractivity contribution in [3.63, 3.8) is 0 Å². The number of nitrogens with zero attached hydrogens (tertiary/aromatic N) is 3. The van der Waals surface area contributed by atoms with E-state index in [-0.39, 0.29) is 24.3 Å². The van der Waals surface area contributed by atoms with Gasteiger partial charge in [0.05, 0.1) is 30.6 Å². The van der Waals surface area contributed by atoms with Crippen LogP contribution in [0.25, 0.3) is 0 Å². The van der Waals surface area contributed by atoms with Crippen LogP contribution in [0.5, 0.6) is 0 Å². The number of aliphatic hydroxyl groups excluding tert-OH is 1. The molecule has 0 radical (unpaired) electrons. The van der Waals surface area contributed by atoms with Gasteiger partial charge in [0.1, 0.15) is 11.6 Å². The minimum absolute atomic E-state index is 0.120. The number of aliphatic hydroxyl groups is 1. The first-order valence-corrected chi connectivity index (χ1v) is 13.3. The summed E-state index contributed by atoms with van der Waals surface area (Å²) < 4.78 is 6.69. The fourth-order valence-corrected chi connectivity index (χ4v) is 6.57. The Morgan fingerprint density at radius 1 is 1.05 bits per heavy atom. The predicted molar refractivity (Wildman–Crippen MR) is 138 cm³/mol. The molecule has 1 aromatic carbocycles. The maximum Gasteiger partial charge on any atom is 0.249 e. The zero-order chi connectivity index (χ0) is 26.5. The monoisotopic (exact) mass is 507 g/mol.